The zero-order chi connectivity index (χ0) is 38.1. The van der Waals surface area contributed by atoms with Gasteiger partial charge in [-0.05, 0) is 398 Å². The van der Waals surface area contributed by atoms with E-state index >= 15 is 0 Å². The van der Waals surface area contributed by atoms with Crippen molar-refractivity contribution in [1.82, 2.24) is 0 Å². The van der Waals surface area contributed by atoms with Crippen LogP contribution in [0.5, 0.6) is 0 Å². The van der Waals surface area contributed by atoms with Crippen LogP contribution < -0.4 is 0 Å². The second kappa shape index (κ2) is 4.62. The fraction of sp³-hybridized carbons (Fsp3) is 0.986. The molecule has 76 heavy (non-hydrogen) atoms. The van der Waals surface area contributed by atoms with Crippen molar-refractivity contribution in [3.8, 4) is 0 Å². The molecule has 0 nitrogen and oxygen atoms in total. The van der Waals surface area contributed by atoms with Crippen LogP contribution in [0.25, 0.3) is 0 Å². The predicted molar refractivity (Wildman–Crippen MR) is 243 cm³/mol. The third kappa shape index (κ3) is 0.651. The third-order valence-corrected chi connectivity index (χ3v) is 62.6. The van der Waals surface area contributed by atoms with Crippen molar-refractivity contribution >= 4 is 51.4 Å². The second-order valence-corrected chi connectivity index (χ2v) is 46.1. The summed E-state index contributed by atoms with van der Waals surface area (Å²) in [5, 5.41) is 0. The Morgan fingerprint density at radius 2 is 0.316 bits per heavy atom. The monoisotopic (exact) mass is 1160 g/mol. The molecule has 52 unspecified atom stereocenters. The first-order valence-corrected chi connectivity index (χ1v) is 34.8. The molecular formula is C74H53KW-. The van der Waals surface area contributed by atoms with Crippen molar-refractivity contribution in [2.75, 3.05) is 0 Å². The van der Waals surface area contributed by atoms with Gasteiger partial charge < -0.3 is 7.43 Å². The maximum absolute atomic E-state index is 1.86. The molecule has 2 heteroatoms. The normalized spacial score (nSPS) is 135. The average Bonchev–Trinajstić information content (AvgIpc) is 0.424. The molecule has 0 N–H and O–H groups in total. The van der Waals surface area contributed by atoms with E-state index in [2.05, 4.69) is 0 Å². The molecule has 0 aromatic carbocycles. The molecule has 52 fully saturated rings. The van der Waals surface area contributed by atoms with Gasteiger partial charge in [0.05, 0.1) is 0 Å². The molecule has 0 aliphatic heterocycles. The smallest absolute Gasteiger partial charge is 0 e. The fourth-order valence-electron chi connectivity index (χ4n) is 80.9. The second-order valence-electron chi connectivity index (χ2n) is 46.1. The average molecular weight is 1170 g/mol. The van der Waals surface area contributed by atoms with Gasteiger partial charge in [-0.1, -0.05) is 22.3 Å². The Labute approximate surface area is 494 Å². The van der Waals surface area contributed by atoms with Gasteiger partial charge in [-0.3, -0.25) is 0 Å². The van der Waals surface area contributed by atoms with Gasteiger partial charge in [-0.2, -0.15) is 0 Å². The molecule has 1 radical (unpaired) electrons. The van der Waals surface area contributed by atoms with Crippen molar-refractivity contribution in [2.24, 2.45) is 372 Å². The summed E-state index contributed by atoms with van der Waals surface area (Å²) >= 11 is 0. The minimum Gasteiger partial charge on any atom is -0.358 e. The molecule has 0 bridgehead atoms. The van der Waals surface area contributed by atoms with Crippen LogP contribution in [0.15, 0.2) is 0 Å². The fourth-order valence-corrected chi connectivity index (χ4v) is 80.9. The minimum atomic E-state index is 0. The first-order chi connectivity index (χ1) is 34.8. The molecule has 52 aliphatic rings. The summed E-state index contributed by atoms with van der Waals surface area (Å²) in [5.41, 5.74) is 40.9. The summed E-state index contributed by atoms with van der Waals surface area (Å²) in [6, 6.07) is 0. The van der Waals surface area contributed by atoms with Gasteiger partial charge >= 0.3 is 0 Å². The van der Waals surface area contributed by atoms with E-state index < -0.39 is 0 Å². The van der Waals surface area contributed by atoms with E-state index in [4.69, 9.17) is 0 Å². The van der Waals surface area contributed by atoms with Crippen molar-refractivity contribution in [1.29, 1.82) is 0 Å². The van der Waals surface area contributed by atoms with Gasteiger partial charge in [0.15, 0.2) is 0 Å². The van der Waals surface area contributed by atoms with Crippen LogP contribution in [0.2, 0.25) is 0 Å². The number of hydrogen-bond acceptors (Lipinski definition) is 0. The van der Waals surface area contributed by atoms with Gasteiger partial charge in [-0.15, -0.1) is 0 Å². The molecule has 52 saturated carbocycles. The van der Waals surface area contributed by atoms with Gasteiger partial charge in [0.2, 0.25) is 0 Å². The molecule has 0 amide bonds. The molecular weight excluding hydrogens is 1110 g/mol. The molecule has 0 saturated heterocycles. The quantitative estimate of drug-likeness (QED) is 0.178. The first-order valence-electron chi connectivity index (χ1n) is 34.8. The van der Waals surface area contributed by atoms with Gasteiger partial charge in [-0.25, -0.2) is 0 Å². The standard InChI is InChI=1S/C70H38.3CH4.CH3.K.W/c1-5-13-6-2-10-16-20-24-29-33-34-30-26-22-18-12-4-8-14-7-3-11-17-21-25-28-32-31-27-23-19-15-9(1)35(5)39(13)36(6,10)42(16)46(20)50(24)54(29)59(33)60(34)56(30)52(26)48(22)44(18)38(8,12)40(14)37(7,11)43(17)47(21)51(25)55(28)58(32)57(31)53(27)49(23)45(19)41(15,35)61(39,42)63(45,46)65(49,50)67(53,54)69(57,59)70(58,60)68(55,56)66(51,52)64(47,48)62(40,43)44;;;;;;/h5-34H,1-4H2;3*1H4;1H3;;/q;;;;-1;;. The van der Waals surface area contributed by atoms with Crippen molar-refractivity contribution in [2.45, 2.75) is 48.0 Å². The van der Waals surface area contributed by atoms with Crippen LogP contribution >= 0.6 is 0 Å². The molecule has 0 aromatic rings. The molecule has 357 valence electrons. The van der Waals surface area contributed by atoms with Crippen molar-refractivity contribution in [3.05, 3.63) is 7.43 Å². The third-order valence-electron chi connectivity index (χ3n) is 62.6. The zero-order valence-electron chi connectivity index (χ0n) is 40.6. The van der Waals surface area contributed by atoms with Gasteiger partial charge in [0, 0.05) is 72.4 Å². The van der Waals surface area contributed by atoms with E-state index in [-0.39, 0.29) is 102 Å². The first kappa shape index (κ1) is 30.8. The van der Waals surface area contributed by atoms with Crippen LogP contribution in [0.4, 0.5) is 0 Å². The van der Waals surface area contributed by atoms with Gasteiger partial charge in [0.25, 0.3) is 0 Å². The summed E-state index contributed by atoms with van der Waals surface area (Å²) in [4.78, 5) is 0. The summed E-state index contributed by atoms with van der Waals surface area (Å²) in [6.45, 7) is 0. The van der Waals surface area contributed by atoms with E-state index in [1.807, 2.05) is 25.7 Å². The maximum Gasteiger partial charge on any atom is 0 e. The molecule has 0 aromatic heterocycles. The number of rotatable bonds is 0. The Balaban J connectivity index is 0.000000519. The van der Waals surface area contributed by atoms with Crippen LogP contribution in [-0.4, -0.2) is 51.4 Å². The van der Waals surface area contributed by atoms with Crippen LogP contribution in [0, 0.1) is 380 Å². The van der Waals surface area contributed by atoms with E-state index in [9.17, 15) is 0 Å². The van der Waals surface area contributed by atoms with E-state index in [0.717, 1.165) is 195 Å². The maximum atomic E-state index is 1.86. The van der Waals surface area contributed by atoms with E-state index in [1.165, 1.54) is 178 Å². The van der Waals surface area contributed by atoms with Crippen LogP contribution in [0.3, 0.4) is 0 Å². The Morgan fingerprint density at radius 1 is 0.171 bits per heavy atom. The Hall–Kier alpha value is 2.32. The molecule has 52 atom stereocenters. The Morgan fingerprint density at radius 3 is 0.513 bits per heavy atom. The number of hydrogen-bond donors (Lipinski definition) is 0. The Kier molecular flexibility index (Phi) is 1.87. The minimum absolute atomic E-state index is 0. The van der Waals surface area contributed by atoms with Crippen LogP contribution in [0.1, 0.15) is 48.0 Å². The van der Waals surface area contributed by atoms with Crippen molar-refractivity contribution in [3.63, 3.8) is 0 Å². The van der Waals surface area contributed by atoms with Crippen molar-refractivity contribution < 1.29 is 21.1 Å². The summed E-state index contributed by atoms with van der Waals surface area (Å²) < 4.78 is 0. The summed E-state index contributed by atoms with van der Waals surface area (Å²) in [5.74, 6) is 42.6. The van der Waals surface area contributed by atoms with E-state index in [0.29, 0.717) is 0 Å². The topological polar surface area (TPSA) is 0 Å². The summed E-state index contributed by atoms with van der Waals surface area (Å²) in [6.07, 6.45) is 7.46. The Bertz CT molecular complexity index is 4550. The molecule has 52 rings (SSSR count). The van der Waals surface area contributed by atoms with Crippen LogP contribution in [-0.2, 0) is 21.1 Å². The van der Waals surface area contributed by atoms with Gasteiger partial charge in [0.1, 0.15) is 0 Å². The number of fused-ring (bicyclic) bond motifs is 26. The molecule has 0 heterocycles. The summed E-state index contributed by atoms with van der Waals surface area (Å²) in [7, 11) is 0. The predicted octanol–water partition coefficient (Wildman–Crippen LogP) is 7.23. The molecule has 36 spiro atoms. The molecule has 52 aliphatic carbocycles. The SMILES string of the molecule is C.C.C.C1C2C3C4CC5C6C7C8C9C%10C%11C%12C%13C%14C%15C%16CC%17C%18C%19CC%20C%21C%22C%23C%24C%25C%26C%27C%28C%29C%30C1C21C32C45C63C74C85C96C%107C%118C%129C%13%10C%14%11C%15%12C%17%16C%18%13C%19%20C%21%14C%22%15C%23%16C%24%17C%25%18C%26%19C%27%20C%28%21C%29%22C%301C23C%224C%215C%206C%197C%188C%179C%16%10C%15%11C%13%14%12.[CH3-].[K].[W]. The largest absolute Gasteiger partial charge is 0.358 e. The zero-order valence-corrected chi connectivity index (χ0v) is 46.6. The van der Waals surface area contributed by atoms with E-state index in [1.54, 1.807) is 0 Å².